The van der Waals surface area contributed by atoms with Crippen molar-refractivity contribution in [2.75, 3.05) is 20.3 Å². The molecule has 0 spiro atoms. The number of aromatic nitrogens is 3. The molecule has 140 valence electrons. The van der Waals surface area contributed by atoms with Crippen LogP contribution in [0.25, 0.3) is 11.1 Å². The zero-order valence-electron chi connectivity index (χ0n) is 15.4. The first-order valence-electron chi connectivity index (χ1n) is 8.58. The summed E-state index contributed by atoms with van der Waals surface area (Å²) in [5.41, 5.74) is 3.45. The number of carbonyl (C=O) groups excluding carboxylic acids is 1. The molecule has 7 heteroatoms. The number of hydrogen-bond acceptors (Lipinski definition) is 5. The molecule has 0 unspecified atom stereocenters. The summed E-state index contributed by atoms with van der Waals surface area (Å²) in [6.07, 6.45) is 7.24. The Balaban J connectivity index is 1.57. The summed E-state index contributed by atoms with van der Waals surface area (Å²) in [5, 5.41) is 7.08. The summed E-state index contributed by atoms with van der Waals surface area (Å²) >= 11 is 0. The van der Waals surface area contributed by atoms with E-state index in [1.807, 2.05) is 19.3 Å². The minimum Gasteiger partial charge on any atom is -0.491 e. The van der Waals surface area contributed by atoms with Crippen molar-refractivity contribution in [2.24, 2.45) is 7.05 Å². The monoisotopic (exact) mass is 366 g/mol. The van der Waals surface area contributed by atoms with Crippen LogP contribution in [0.3, 0.4) is 0 Å². The van der Waals surface area contributed by atoms with E-state index < -0.39 is 0 Å². The van der Waals surface area contributed by atoms with Crippen LogP contribution < -0.4 is 10.1 Å². The molecule has 0 aliphatic carbocycles. The third-order valence-corrected chi connectivity index (χ3v) is 3.96. The van der Waals surface area contributed by atoms with Gasteiger partial charge in [-0.15, -0.1) is 0 Å². The SMILES string of the molecule is COCCOc1ccc(C(=O)NCc2cncc(-c3cnn(C)c3)c2)cc1. The Bertz CT molecular complexity index is 890. The third-order valence-electron chi connectivity index (χ3n) is 3.96. The van der Waals surface area contributed by atoms with Crippen LogP contribution in [0.4, 0.5) is 0 Å². The number of ether oxygens (including phenoxy) is 2. The van der Waals surface area contributed by atoms with Crippen LogP contribution in [0.1, 0.15) is 15.9 Å². The van der Waals surface area contributed by atoms with Gasteiger partial charge in [-0.3, -0.25) is 14.5 Å². The number of methoxy groups -OCH3 is 1. The normalized spacial score (nSPS) is 10.6. The molecule has 3 rings (SSSR count). The maximum atomic E-state index is 12.3. The van der Waals surface area contributed by atoms with E-state index in [9.17, 15) is 4.79 Å². The van der Waals surface area contributed by atoms with E-state index in [-0.39, 0.29) is 5.91 Å². The Hall–Kier alpha value is -3.19. The van der Waals surface area contributed by atoms with E-state index in [1.165, 1.54) is 0 Å². The van der Waals surface area contributed by atoms with Crippen molar-refractivity contribution >= 4 is 5.91 Å². The Labute approximate surface area is 158 Å². The average molecular weight is 366 g/mol. The van der Waals surface area contributed by atoms with Crippen molar-refractivity contribution in [3.8, 4) is 16.9 Å². The number of nitrogens with zero attached hydrogens (tertiary/aromatic N) is 3. The fourth-order valence-electron chi connectivity index (χ4n) is 2.54. The van der Waals surface area contributed by atoms with Gasteiger partial charge in [-0.25, -0.2) is 0 Å². The van der Waals surface area contributed by atoms with E-state index in [2.05, 4.69) is 15.4 Å². The highest BCUT2D eigenvalue weighted by atomic mass is 16.5. The zero-order chi connectivity index (χ0) is 19.1. The van der Waals surface area contributed by atoms with Gasteiger partial charge >= 0.3 is 0 Å². The van der Waals surface area contributed by atoms with Crippen molar-refractivity contribution < 1.29 is 14.3 Å². The minimum absolute atomic E-state index is 0.148. The van der Waals surface area contributed by atoms with Crippen molar-refractivity contribution in [3.63, 3.8) is 0 Å². The molecule has 0 aliphatic rings. The number of pyridine rings is 1. The zero-order valence-corrected chi connectivity index (χ0v) is 15.4. The van der Waals surface area contributed by atoms with Gasteiger partial charge < -0.3 is 14.8 Å². The second-order valence-corrected chi connectivity index (χ2v) is 6.03. The largest absolute Gasteiger partial charge is 0.491 e. The highest BCUT2D eigenvalue weighted by Gasteiger charge is 2.07. The summed E-state index contributed by atoms with van der Waals surface area (Å²) in [5.74, 6) is 0.558. The Morgan fingerprint density at radius 2 is 1.93 bits per heavy atom. The lowest BCUT2D eigenvalue weighted by Gasteiger charge is -2.08. The summed E-state index contributed by atoms with van der Waals surface area (Å²) in [6.45, 7) is 1.39. The molecule has 0 aliphatic heterocycles. The van der Waals surface area contributed by atoms with Gasteiger partial charge in [-0.1, -0.05) is 0 Å². The van der Waals surface area contributed by atoms with Crippen LogP contribution in [-0.4, -0.2) is 41.0 Å². The lowest BCUT2D eigenvalue weighted by atomic mass is 10.1. The molecule has 0 bridgehead atoms. The highest BCUT2D eigenvalue weighted by Crippen LogP contribution is 2.18. The molecule has 0 atom stereocenters. The fourth-order valence-corrected chi connectivity index (χ4v) is 2.54. The first-order chi connectivity index (χ1) is 13.2. The molecule has 0 saturated heterocycles. The molecule has 2 aromatic heterocycles. The van der Waals surface area contributed by atoms with Crippen molar-refractivity contribution in [1.82, 2.24) is 20.1 Å². The predicted octanol–water partition coefficient (Wildman–Crippen LogP) is 2.44. The Kier molecular flexibility index (Phi) is 6.17. The third kappa shape index (κ3) is 5.15. The lowest BCUT2D eigenvalue weighted by molar-refractivity contribution is 0.0950. The summed E-state index contributed by atoms with van der Waals surface area (Å²) < 4.78 is 12.2. The quantitative estimate of drug-likeness (QED) is 0.620. The van der Waals surface area contributed by atoms with E-state index in [4.69, 9.17) is 9.47 Å². The van der Waals surface area contributed by atoms with Gasteiger partial charge in [0.2, 0.25) is 0 Å². The second kappa shape index (κ2) is 8.95. The van der Waals surface area contributed by atoms with Crippen molar-refractivity contribution in [3.05, 3.63) is 66.2 Å². The number of nitrogens with one attached hydrogen (secondary N) is 1. The van der Waals surface area contributed by atoms with Crippen LogP contribution in [0.2, 0.25) is 0 Å². The smallest absolute Gasteiger partial charge is 0.251 e. The molecule has 0 saturated carbocycles. The Morgan fingerprint density at radius 1 is 1.11 bits per heavy atom. The van der Waals surface area contributed by atoms with Crippen LogP contribution in [0.15, 0.2) is 55.1 Å². The molecular formula is C20H22N4O3. The molecule has 1 N–H and O–H groups in total. The summed E-state index contributed by atoms with van der Waals surface area (Å²) in [7, 11) is 3.49. The summed E-state index contributed by atoms with van der Waals surface area (Å²) in [6, 6.07) is 9.02. The first-order valence-corrected chi connectivity index (χ1v) is 8.58. The van der Waals surface area contributed by atoms with Crippen LogP contribution in [0.5, 0.6) is 5.75 Å². The maximum absolute atomic E-state index is 12.3. The first kappa shape index (κ1) is 18.6. The predicted molar refractivity (Wildman–Crippen MR) is 101 cm³/mol. The van der Waals surface area contributed by atoms with Gasteiger partial charge in [0.15, 0.2) is 0 Å². The van der Waals surface area contributed by atoms with Crippen LogP contribution in [-0.2, 0) is 18.3 Å². The van der Waals surface area contributed by atoms with Gasteiger partial charge in [0.25, 0.3) is 5.91 Å². The molecule has 0 radical (unpaired) electrons. The van der Waals surface area contributed by atoms with Gasteiger partial charge in [-0.05, 0) is 35.9 Å². The van der Waals surface area contributed by atoms with Crippen LogP contribution >= 0.6 is 0 Å². The average Bonchev–Trinajstić information content (AvgIpc) is 3.13. The van der Waals surface area contributed by atoms with Gasteiger partial charge in [0.1, 0.15) is 12.4 Å². The Morgan fingerprint density at radius 3 is 2.63 bits per heavy atom. The van der Waals surface area contributed by atoms with E-state index >= 15 is 0 Å². The number of rotatable bonds is 8. The second-order valence-electron chi connectivity index (χ2n) is 6.03. The van der Waals surface area contributed by atoms with Gasteiger partial charge in [-0.2, -0.15) is 5.10 Å². The number of benzene rings is 1. The highest BCUT2D eigenvalue weighted by molar-refractivity contribution is 5.94. The van der Waals surface area contributed by atoms with Gasteiger partial charge in [0.05, 0.1) is 12.8 Å². The number of amides is 1. The van der Waals surface area contributed by atoms with Crippen LogP contribution in [0, 0.1) is 0 Å². The molecule has 27 heavy (non-hydrogen) atoms. The topological polar surface area (TPSA) is 78.3 Å². The van der Waals surface area contributed by atoms with Crippen molar-refractivity contribution in [1.29, 1.82) is 0 Å². The molecule has 2 heterocycles. The van der Waals surface area contributed by atoms with E-state index in [0.29, 0.717) is 31.1 Å². The minimum atomic E-state index is -0.148. The summed E-state index contributed by atoms with van der Waals surface area (Å²) in [4.78, 5) is 16.6. The van der Waals surface area contributed by atoms with Crippen molar-refractivity contribution in [2.45, 2.75) is 6.54 Å². The van der Waals surface area contributed by atoms with E-state index in [0.717, 1.165) is 16.7 Å². The standard InChI is InChI=1S/C20H22N4O3/c1-24-14-18(13-23-24)17-9-15(10-21-12-17)11-22-20(25)16-3-5-19(6-4-16)27-8-7-26-2/h3-6,9-10,12-14H,7-8,11H2,1-2H3,(H,22,25). The number of carbonyl (C=O) groups is 1. The number of hydrogen-bond donors (Lipinski definition) is 1. The number of aryl methyl sites for hydroxylation is 1. The molecule has 7 nitrogen and oxygen atoms in total. The molecule has 1 aromatic carbocycles. The maximum Gasteiger partial charge on any atom is 0.251 e. The molecule has 1 amide bonds. The fraction of sp³-hybridized carbons (Fsp3) is 0.250. The molecule has 3 aromatic rings. The lowest BCUT2D eigenvalue weighted by Crippen LogP contribution is -2.22. The molecular weight excluding hydrogens is 344 g/mol. The van der Waals surface area contributed by atoms with Gasteiger partial charge in [0, 0.05) is 56.0 Å². The molecule has 0 fully saturated rings. The van der Waals surface area contributed by atoms with E-state index in [1.54, 1.807) is 54.6 Å².